The second-order valence-electron chi connectivity index (χ2n) is 9.24. The van der Waals surface area contributed by atoms with E-state index in [0.717, 1.165) is 13.1 Å². The molecular weight excluding hydrogens is 314 g/mol. The Kier molecular flexibility index (Phi) is 5.93. The van der Waals surface area contributed by atoms with E-state index in [2.05, 4.69) is 75.7 Å². The zero-order valence-electron chi connectivity index (χ0n) is 16.1. The lowest BCUT2D eigenvalue weighted by molar-refractivity contribution is -0.0633. The molecule has 23 heavy (non-hydrogen) atoms. The number of morpholine rings is 1. The summed E-state index contributed by atoms with van der Waals surface area (Å²) in [5.74, 6) is 0. The van der Waals surface area contributed by atoms with Crippen LogP contribution < -0.4 is 5.19 Å². The van der Waals surface area contributed by atoms with Crippen molar-refractivity contribution in [2.24, 2.45) is 0 Å². The first-order chi connectivity index (χ1) is 10.5. The van der Waals surface area contributed by atoms with Gasteiger partial charge in [-0.25, -0.2) is 0 Å². The van der Waals surface area contributed by atoms with Crippen molar-refractivity contribution in [3.8, 4) is 0 Å². The molecule has 0 spiro atoms. The van der Waals surface area contributed by atoms with Gasteiger partial charge in [-0.1, -0.05) is 67.8 Å². The molecule has 1 fully saturated rings. The normalized spacial score (nSPS) is 24.0. The van der Waals surface area contributed by atoms with Gasteiger partial charge in [0.1, 0.15) is 0 Å². The van der Waals surface area contributed by atoms with Crippen molar-refractivity contribution in [2.75, 3.05) is 19.3 Å². The molecule has 2 atom stereocenters. The van der Waals surface area contributed by atoms with E-state index in [1.807, 2.05) is 0 Å². The largest absolute Gasteiger partial charge is 0.373 e. The van der Waals surface area contributed by atoms with Crippen molar-refractivity contribution in [1.82, 2.24) is 4.90 Å². The van der Waals surface area contributed by atoms with Crippen LogP contribution in [0.2, 0.25) is 32.7 Å². The monoisotopic (exact) mass is 349 g/mol. The molecule has 130 valence electrons. The summed E-state index contributed by atoms with van der Waals surface area (Å²) >= 11 is 0. The lowest BCUT2D eigenvalue weighted by Gasteiger charge is -2.39. The first kappa shape index (κ1) is 18.9. The Morgan fingerprint density at radius 2 is 1.48 bits per heavy atom. The fraction of sp³-hybridized carbons (Fsp3) is 0.684. The predicted octanol–water partition coefficient (Wildman–Crippen LogP) is 3.67. The van der Waals surface area contributed by atoms with Gasteiger partial charge in [-0.05, 0) is 26.1 Å². The predicted molar refractivity (Wildman–Crippen MR) is 107 cm³/mol. The van der Waals surface area contributed by atoms with E-state index in [-0.39, 0.29) is 0 Å². The highest BCUT2D eigenvalue weighted by molar-refractivity contribution is 6.88. The van der Waals surface area contributed by atoms with Crippen LogP contribution in [0.1, 0.15) is 19.4 Å². The third-order valence-corrected chi connectivity index (χ3v) is 9.38. The summed E-state index contributed by atoms with van der Waals surface area (Å²) in [6, 6.07) is 10.8. The summed E-state index contributed by atoms with van der Waals surface area (Å²) in [6.45, 7) is 18.9. The summed E-state index contributed by atoms with van der Waals surface area (Å²) < 4.78 is 5.87. The van der Waals surface area contributed by atoms with Crippen LogP contribution in [-0.4, -0.2) is 52.5 Å². The third kappa shape index (κ3) is 5.85. The smallest absolute Gasteiger partial charge is 0.0775 e. The molecule has 1 aromatic carbocycles. The average Bonchev–Trinajstić information content (AvgIpc) is 2.35. The Balaban J connectivity index is 1.97. The van der Waals surface area contributed by atoms with Crippen molar-refractivity contribution in [3.63, 3.8) is 0 Å². The molecule has 4 heteroatoms. The Hall–Kier alpha value is -0.426. The van der Waals surface area contributed by atoms with Gasteiger partial charge in [-0.15, -0.1) is 0 Å². The molecule has 0 bridgehead atoms. The molecule has 0 aromatic heterocycles. The van der Waals surface area contributed by atoms with Crippen LogP contribution in [-0.2, 0) is 10.8 Å². The molecule has 1 saturated heterocycles. The second kappa shape index (κ2) is 7.22. The van der Waals surface area contributed by atoms with Crippen LogP contribution in [0.25, 0.3) is 0 Å². The highest BCUT2D eigenvalue weighted by Crippen LogP contribution is 2.17. The number of hydrogen-bond donors (Lipinski definition) is 0. The molecule has 2 nitrogen and oxygen atoms in total. The Morgan fingerprint density at radius 3 is 1.96 bits per heavy atom. The minimum absolute atomic E-state index is 0.375. The first-order valence-electron chi connectivity index (χ1n) is 9.02. The maximum Gasteiger partial charge on any atom is 0.0775 e. The molecule has 0 amide bonds. The average molecular weight is 350 g/mol. The van der Waals surface area contributed by atoms with Gasteiger partial charge < -0.3 is 9.64 Å². The lowest BCUT2D eigenvalue weighted by atomic mass is 10.2. The maximum atomic E-state index is 5.87. The standard InChI is InChI=1S/C19H35NOSi2/c1-16-12-20(13-17(2)21-16)15-23(6,7)14-18-8-10-19(11-9-18)22(3,4)5/h8-11,16-17H,12-15H2,1-7H3. The molecule has 0 saturated carbocycles. The van der Waals surface area contributed by atoms with Gasteiger partial charge in [0.2, 0.25) is 0 Å². The topological polar surface area (TPSA) is 12.5 Å². The zero-order chi connectivity index (χ0) is 17.3. The third-order valence-electron chi connectivity index (χ3n) is 4.65. The number of hydrogen-bond acceptors (Lipinski definition) is 2. The number of nitrogens with zero attached hydrogens (tertiary/aromatic N) is 1. The molecular formula is C19H35NOSi2. The summed E-state index contributed by atoms with van der Waals surface area (Å²) in [7, 11) is -2.45. The number of ether oxygens (including phenoxy) is 1. The quantitative estimate of drug-likeness (QED) is 0.752. The number of rotatable bonds is 5. The molecule has 2 rings (SSSR count). The van der Waals surface area contributed by atoms with E-state index in [0.29, 0.717) is 12.2 Å². The Bertz CT molecular complexity index is 497. The first-order valence-corrected chi connectivity index (χ1v) is 15.9. The van der Waals surface area contributed by atoms with Crippen LogP contribution in [0.4, 0.5) is 0 Å². The van der Waals surface area contributed by atoms with E-state index in [9.17, 15) is 0 Å². The zero-order valence-corrected chi connectivity index (χ0v) is 18.1. The van der Waals surface area contributed by atoms with Crippen LogP contribution in [0, 0.1) is 0 Å². The molecule has 0 N–H and O–H groups in total. The lowest BCUT2D eigenvalue weighted by Crippen LogP contribution is -2.52. The minimum atomic E-state index is -1.27. The van der Waals surface area contributed by atoms with E-state index in [4.69, 9.17) is 4.74 Å². The van der Waals surface area contributed by atoms with E-state index in [1.165, 1.54) is 17.8 Å². The molecule has 2 unspecified atom stereocenters. The summed E-state index contributed by atoms with van der Waals surface area (Å²) in [5.41, 5.74) is 1.53. The van der Waals surface area contributed by atoms with Crippen molar-refractivity contribution in [3.05, 3.63) is 29.8 Å². The number of benzene rings is 1. The minimum Gasteiger partial charge on any atom is -0.373 e. The molecule has 1 aromatic rings. The van der Waals surface area contributed by atoms with Crippen LogP contribution in [0.15, 0.2) is 24.3 Å². The fourth-order valence-corrected chi connectivity index (χ4v) is 7.84. The van der Waals surface area contributed by atoms with Gasteiger partial charge >= 0.3 is 0 Å². The second-order valence-corrected chi connectivity index (χ2v) is 19.3. The van der Waals surface area contributed by atoms with Gasteiger partial charge in [0, 0.05) is 13.1 Å². The molecule has 1 heterocycles. The molecule has 1 aliphatic heterocycles. The SMILES string of the molecule is CC1CN(C[Si](C)(C)Cc2ccc([Si](C)(C)C)cc2)CC(C)O1. The highest BCUT2D eigenvalue weighted by atomic mass is 28.3. The van der Waals surface area contributed by atoms with E-state index in [1.54, 1.807) is 5.19 Å². The molecule has 1 aliphatic rings. The highest BCUT2D eigenvalue weighted by Gasteiger charge is 2.29. The molecule has 0 radical (unpaired) electrons. The van der Waals surface area contributed by atoms with Crippen molar-refractivity contribution < 1.29 is 4.74 Å². The Morgan fingerprint density at radius 1 is 0.957 bits per heavy atom. The van der Waals surface area contributed by atoms with Crippen LogP contribution in [0.5, 0.6) is 0 Å². The fourth-order valence-electron chi connectivity index (χ4n) is 3.75. The van der Waals surface area contributed by atoms with Gasteiger partial charge in [0.05, 0.1) is 28.4 Å². The summed E-state index contributed by atoms with van der Waals surface area (Å²) in [6.07, 6.45) is 2.03. The van der Waals surface area contributed by atoms with Crippen molar-refractivity contribution in [1.29, 1.82) is 0 Å². The van der Waals surface area contributed by atoms with E-state index < -0.39 is 16.1 Å². The summed E-state index contributed by atoms with van der Waals surface area (Å²) in [4.78, 5) is 2.64. The van der Waals surface area contributed by atoms with Gasteiger partial charge in [-0.3, -0.25) is 0 Å². The Labute approximate surface area is 145 Å². The molecule has 0 aliphatic carbocycles. The van der Waals surface area contributed by atoms with Crippen LogP contribution >= 0.6 is 0 Å². The van der Waals surface area contributed by atoms with E-state index >= 15 is 0 Å². The van der Waals surface area contributed by atoms with Crippen molar-refractivity contribution in [2.45, 2.75) is 64.8 Å². The van der Waals surface area contributed by atoms with Crippen molar-refractivity contribution >= 4 is 21.3 Å². The van der Waals surface area contributed by atoms with Gasteiger partial charge in [0.15, 0.2) is 0 Å². The van der Waals surface area contributed by atoms with Crippen LogP contribution in [0.3, 0.4) is 0 Å². The van der Waals surface area contributed by atoms with Gasteiger partial charge in [-0.2, -0.15) is 0 Å². The summed E-state index contributed by atoms with van der Waals surface area (Å²) in [5, 5.41) is 1.57. The van der Waals surface area contributed by atoms with Gasteiger partial charge in [0.25, 0.3) is 0 Å². The maximum absolute atomic E-state index is 5.87.